The Labute approximate surface area is 115 Å². The first-order valence-electron chi connectivity index (χ1n) is 6.22. The van der Waals surface area contributed by atoms with Crippen molar-refractivity contribution >= 4 is 16.9 Å². The van der Waals surface area contributed by atoms with Crippen molar-refractivity contribution in [3.63, 3.8) is 0 Å². The van der Waals surface area contributed by atoms with Crippen LogP contribution in [0.1, 0.15) is 0 Å². The maximum Gasteiger partial charge on any atom is 0.140 e. The summed E-state index contributed by atoms with van der Waals surface area (Å²) in [6.45, 7) is 0. The number of fused-ring (bicyclic) bond motifs is 1. The maximum absolute atomic E-state index is 14.3. The maximum atomic E-state index is 14.3. The van der Waals surface area contributed by atoms with E-state index in [0.29, 0.717) is 17.1 Å². The molecule has 20 heavy (non-hydrogen) atoms. The van der Waals surface area contributed by atoms with Gasteiger partial charge in [0.1, 0.15) is 23.0 Å². The predicted molar refractivity (Wildman–Crippen MR) is 77.6 cm³/mol. The Bertz CT molecular complexity index is 767. The Balaban J connectivity index is 2.25. The Morgan fingerprint density at radius 2 is 2.05 bits per heavy atom. The number of pyridine rings is 1. The van der Waals surface area contributed by atoms with Crippen LogP contribution in [0.2, 0.25) is 0 Å². The molecular weight excluding hydrogens is 257 g/mol. The van der Waals surface area contributed by atoms with Crippen LogP contribution in [0.15, 0.2) is 36.5 Å². The van der Waals surface area contributed by atoms with Crippen molar-refractivity contribution in [2.75, 3.05) is 19.5 Å². The fourth-order valence-corrected chi connectivity index (χ4v) is 2.23. The number of H-pyrrole nitrogens is 1. The van der Waals surface area contributed by atoms with E-state index < -0.39 is 0 Å². The van der Waals surface area contributed by atoms with E-state index in [4.69, 9.17) is 4.74 Å². The van der Waals surface area contributed by atoms with Crippen LogP contribution in [-0.4, -0.2) is 24.1 Å². The van der Waals surface area contributed by atoms with Crippen molar-refractivity contribution in [3.05, 3.63) is 42.3 Å². The minimum absolute atomic E-state index is 0.319. The summed E-state index contributed by atoms with van der Waals surface area (Å²) in [6.07, 6.45) is 1.79. The van der Waals surface area contributed by atoms with Crippen LogP contribution < -0.4 is 10.1 Å². The Morgan fingerprint density at radius 1 is 1.20 bits per heavy atom. The lowest BCUT2D eigenvalue weighted by Gasteiger charge is -2.09. The number of benzene rings is 1. The molecule has 5 heteroatoms. The highest BCUT2D eigenvalue weighted by Crippen LogP contribution is 2.32. The molecule has 0 unspecified atom stereocenters. The highest BCUT2D eigenvalue weighted by Gasteiger charge is 2.12. The molecule has 1 aromatic carbocycles. The molecule has 2 aromatic heterocycles. The summed E-state index contributed by atoms with van der Waals surface area (Å²) < 4.78 is 19.3. The first-order chi connectivity index (χ1) is 9.72. The standard InChI is InChI=1S/C15H14FN3O/c1-17-14-8-12(11-5-6-18-15(11)19-14)10-4-3-9(20-2)7-13(10)16/h3-8H,1-2H3,(H2,17,18,19). The highest BCUT2D eigenvalue weighted by atomic mass is 19.1. The van der Waals surface area contributed by atoms with Crippen molar-refractivity contribution in [2.45, 2.75) is 0 Å². The topological polar surface area (TPSA) is 49.9 Å². The van der Waals surface area contributed by atoms with Gasteiger partial charge in [-0.25, -0.2) is 9.37 Å². The molecule has 0 saturated carbocycles. The molecule has 3 rings (SSSR count). The second kappa shape index (κ2) is 4.85. The predicted octanol–water partition coefficient (Wildman–Crippen LogP) is 3.42. The number of halogens is 1. The second-order valence-electron chi connectivity index (χ2n) is 4.39. The number of rotatable bonds is 3. The largest absolute Gasteiger partial charge is 0.497 e. The SMILES string of the molecule is CNc1cc(-c2ccc(OC)cc2F)c2cc[nH]c2n1. The molecule has 0 bridgehead atoms. The van der Waals surface area contributed by atoms with Crippen LogP contribution in [0.25, 0.3) is 22.2 Å². The molecule has 2 N–H and O–H groups in total. The van der Waals surface area contributed by atoms with Crippen molar-refractivity contribution in [1.82, 2.24) is 9.97 Å². The van der Waals surface area contributed by atoms with Crippen molar-refractivity contribution in [1.29, 1.82) is 0 Å². The lowest BCUT2D eigenvalue weighted by molar-refractivity contribution is 0.411. The number of aromatic nitrogens is 2. The van der Waals surface area contributed by atoms with E-state index in [-0.39, 0.29) is 5.82 Å². The second-order valence-corrected chi connectivity index (χ2v) is 4.39. The smallest absolute Gasteiger partial charge is 0.140 e. The third-order valence-corrected chi connectivity index (χ3v) is 3.25. The van der Waals surface area contributed by atoms with Gasteiger partial charge in [-0.3, -0.25) is 0 Å². The van der Waals surface area contributed by atoms with Gasteiger partial charge in [-0.05, 0) is 29.8 Å². The van der Waals surface area contributed by atoms with Gasteiger partial charge >= 0.3 is 0 Å². The van der Waals surface area contributed by atoms with E-state index in [1.54, 1.807) is 25.4 Å². The Morgan fingerprint density at radius 3 is 2.75 bits per heavy atom. The van der Waals surface area contributed by atoms with E-state index >= 15 is 0 Å². The average Bonchev–Trinajstić information content (AvgIpc) is 2.94. The monoisotopic (exact) mass is 271 g/mol. The molecule has 102 valence electrons. The molecular formula is C15H14FN3O. The van der Waals surface area contributed by atoms with E-state index in [2.05, 4.69) is 15.3 Å². The molecule has 0 fully saturated rings. The van der Waals surface area contributed by atoms with Gasteiger partial charge in [-0.1, -0.05) is 0 Å². The fourth-order valence-electron chi connectivity index (χ4n) is 2.23. The van der Waals surface area contributed by atoms with E-state index in [1.807, 2.05) is 12.1 Å². The van der Waals surface area contributed by atoms with Crippen LogP contribution in [0.3, 0.4) is 0 Å². The molecule has 3 aromatic rings. The van der Waals surface area contributed by atoms with Gasteiger partial charge in [0.25, 0.3) is 0 Å². The van der Waals surface area contributed by atoms with Crippen LogP contribution in [-0.2, 0) is 0 Å². The first kappa shape index (κ1) is 12.5. The molecule has 0 radical (unpaired) electrons. The lowest BCUT2D eigenvalue weighted by atomic mass is 10.0. The molecule has 0 aliphatic rings. The quantitative estimate of drug-likeness (QED) is 0.767. The number of nitrogens with one attached hydrogen (secondary N) is 2. The highest BCUT2D eigenvalue weighted by molar-refractivity contribution is 5.94. The van der Waals surface area contributed by atoms with E-state index in [0.717, 1.165) is 16.6 Å². The Hall–Kier alpha value is -2.56. The summed E-state index contributed by atoms with van der Waals surface area (Å²) in [5.41, 5.74) is 2.04. The number of aromatic amines is 1. The lowest BCUT2D eigenvalue weighted by Crippen LogP contribution is -1.95. The Kier molecular flexibility index (Phi) is 3.02. The van der Waals surface area contributed by atoms with Crippen LogP contribution >= 0.6 is 0 Å². The van der Waals surface area contributed by atoms with Gasteiger partial charge in [0.2, 0.25) is 0 Å². The van der Waals surface area contributed by atoms with Gasteiger partial charge in [0, 0.05) is 30.3 Å². The van der Waals surface area contributed by atoms with Crippen LogP contribution in [0.5, 0.6) is 5.75 Å². The number of methoxy groups -OCH3 is 1. The molecule has 0 saturated heterocycles. The number of anilines is 1. The molecule has 0 spiro atoms. The number of hydrogen-bond donors (Lipinski definition) is 2. The van der Waals surface area contributed by atoms with Gasteiger partial charge in [0.05, 0.1) is 7.11 Å². The molecule has 2 heterocycles. The molecule has 0 aliphatic heterocycles. The zero-order valence-electron chi connectivity index (χ0n) is 11.2. The van der Waals surface area contributed by atoms with Gasteiger partial charge < -0.3 is 15.0 Å². The van der Waals surface area contributed by atoms with Crippen molar-refractivity contribution < 1.29 is 9.13 Å². The third-order valence-electron chi connectivity index (χ3n) is 3.25. The van der Waals surface area contributed by atoms with Crippen molar-refractivity contribution in [3.8, 4) is 16.9 Å². The molecule has 0 amide bonds. The normalized spacial score (nSPS) is 10.8. The minimum atomic E-state index is -0.319. The van der Waals surface area contributed by atoms with Crippen molar-refractivity contribution in [2.24, 2.45) is 0 Å². The van der Waals surface area contributed by atoms with Gasteiger partial charge in [-0.15, -0.1) is 0 Å². The summed E-state index contributed by atoms with van der Waals surface area (Å²) in [6, 6.07) is 8.57. The van der Waals surface area contributed by atoms with E-state index in [9.17, 15) is 4.39 Å². The average molecular weight is 271 g/mol. The number of nitrogens with zero attached hydrogens (tertiary/aromatic N) is 1. The first-order valence-corrected chi connectivity index (χ1v) is 6.22. The van der Waals surface area contributed by atoms with Crippen LogP contribution in [0, 0.1) is 5.82 Å². The summed E-state index contributed by atoms with van der Waals surface area (Å²) >= 11 is 0. The minimum Gasteiger partial charge on any atom is -0.497 e. The summed E-state index contributed by atoms with van der Waals surface area (Å²) in [5, 5.41) is 3.87. The van der Waals surface area contributed by atoms with E-state index in [1.165, 1.54) is 13.2 Å². The summed E-state index contributed by atoms with van der Waals surface area (Å²) in [5.74, 6) is 0.865. The zero-order chi connectivity index (χ0) is 14.1. The molecule has 0 aliphatic carbocycles. The zero-order valence-corrected chi connectivity index (χ0v) is 11.2. The number of ether oxygens (including phenoxy) is 1. The molecule has 4 nitrogen and oxygen atoms in total. The summed E-state index contributed by atoms with van der Waals surface area (Å²) in [4.78, 5) is 7.44. The van der Waals surface area contributed by atoms with Gasteiger partial charge in [0.15, 0.2) is 0 Å². The fraction of sp³-hybridized carbons (Fsp3) is 0.133. The number of hydrogen-bond acceptors (Lipinski definition) is 3. The van der Waals surface area contributed by atoms with Crippen LogP contribution in [0.4, 0.5) is 10.2 Å². The summed E-state index contributed by atoms with van der Waals surface area (Å²) in [7, 11) is 3.30. The van der Waals surface area contributed by atoms with Gasteiger partial charge in [-0.2, -0.15) is 0 Å². The molecule has 0 atom stereocenters. The third kappa shape index (κ3) is 1.97.